The van der Waals surface area contributed by atoms with Crippen LogP contribution < -0.4 is 20.3 Å². The molecule has 1 atom stereocenters. The predicted molar refractivity (Wildman–Crippen MR) is 116 cm³/mol. The van der Waals surface area contributed by atoms with E-state index in [1.807, 2.05) is 24.3 Å². The summed E-state index contributed by atoms with van der Waals surface area (Å²) >= 11 is 6.28. The van der Waals surface area contributed by atoms with Gasteiger partial charge in [-0.15, -0.1) is 0 Å². The average Bonchev–Trinajstić information content (AvgIpc) is 3.47. The van der Waals surface area contributed by atoms with Crippen LogP contribution >= 0.6 is 11.6 Å². The number of hydrogen-bond acceptors (Lipinski definition) is 5. The maximum absolute atomic E-state index is 6.28. The SMILES string of the molecule is CN=C(NCc1ccnc(OCC2CC2)c1)NC1CCN(c2ncccc2Cl)C1. The summed E-state index contributed by atoms with van der Waals surface area (Å²) in [5, 5.41) is 7.56. The van der Waals surface area contributed by atoms with Crippen LogP contribution in [0.5, 0.6) is 5.88 Å². The third-order valence-corrected chi connectivity index (χ3v) is 5.51. The molecule has 0 spiro atoms. The normalized spacial score (nSPS) is 19.3. The maximum atomic E-state index is 6.28. The molecule has 1 saturated heterocycles. The number of hydrogen-bond donors (Lipinski definition) is 2. The van der Waals surface area contributed by atoms with Gasteiger partial charge >= 0.3 is 0 Å². The molecule has 1 aliphatic heterocycles. The molecular weight excluding hydrogens is 388 g/mol. The molecule has 8 heteroatoms. The van der Waals surface area contributed by atoms with E-state index >= 15 is 0 Å². The molecule has 2 aromatic heterocycles. The van der Waals surface area contributed by atoms with E-state index in [2.05, 4.69) is 30.5 Å². The number of ether oxygens (including phenoxy) is 1. The number of nitrogens with one attached hydrogen (secondary N) is 2. The number of nitrogens with zero attached hydrogens (tertiary/aromatic N) is 4. The van der Waals surface area contributed by atoms with Gasteiger partial charge in [-0.2, -0.15) is 0 Å². The minimum Gasteiger partial charge on any atom is -0.477 e. The fraction of sp³-hybridized carbons (Fsp3) is 0.476. The number of aromatic nitrogens is 2. The molecule has 154 valence electrons. The lowest BCUT2D eigenvalue weighted by molar-refractivity contribution is 0.288. The predicted octanol–water partition coefficient (Wildman–Crippen LogP) is 2.86. The molecule has 3 heterocycles. The van der Waals surface area contributed by atoms with E-state index in [-0.39, 0.29) is 6.04 Å². The summed E-state index contributed by atoms with van der Waals surface area (Å²) in [4.78, 5) is 15.3. The van der Waals surface area contributed by atoms with Crippen LogP contribution in [-0.2, 0) is 6.54 Å². The number of pyridine rings is 2. The zero-order chi connectivity index (χ0) is 20.1. The number of halogens is 1. The molecule has 1 aliphatic carbocycles. The third kappa shape index (κ3) is 5.50. The Bertz CT molecular complexity index is 857. The first-order valence-corrected chi connectivity index (χ1v) is 10.5. The topological polar surface area (TPSA) is 74.7 Å². The smallest absolute Gasteiger partial charge is 0.213 e. The van der Waals surface area contributed by atoms with E-state index < -0.39 is 0 Å². The van der Waals surface area contributed by atoms with Crippen LogP contribution in [0.3, 0.4) is 0 Å². The van der Waals surface area contributed by atoms with Crippen LogP contribution in [0.2, 0.25) is 5.02 Å². The molecule has 0 aromatic carbocycles. The summed E-state index contributed by atoms with van der Waals surface area (Å²) in [5.41, 5.74) is 1.11. The third-order valence-electron chi connectivity index (χ3n) is 5.21. The fourth-order valence-electron chi connectivity index (χ4n) is 3.38. The second kappa shape index (κ2) is 9.31. The molecule has 1 saturated carbocycles. The molecule has 2 fully saturated rings. The lowest BCUT2D eigenvalue weighted by Crippen LogP contribution is -2.44. The second-order valence-corrected chi connectivity index (χ2v) is 7.97. The first-order chi connectivity index (χ1) is 14.2. The molecule has 4 rings (SSSR count). The molecule has 2 aliphatic rings. The summed E-state index contributed by atoms with van der Waals surface area (Å²) in [6, 6.07) is 8.00. The van der Waals surface area contributed by atoms with Crippen LogP contribution in [0, 0.1) is 5.92 Å². The highest BCUT2D eigenvalue weighted by Gasteiger charge is 2.25. The van der Waals surface area contributed by atoms with Crippen molar-refractivity contribution in [2.75, 3.05) is 31.6 Å². The van der Waals surface area contributed by atoms with Gasteiger partial charge in [-0.3, -0.25) is 4.99 Å². The van der Waals surface area contributed by atoms with E-state index in [1.165, 1.54) is 12.8 Å². The van der Waals surface area contributed by atoms with Gasteiger partial charge in [0.15, 0.2) is 5.96 Å². The Morgan fingerprint density at radius 1 is 1.28 bits per heavy atom. The van der Waals surface area contributed by atoms with E-state index in [0.717, 1.165) is 43.5 Å². The van der Waals surface area contributed by atoms with Crippen LogP contribution in [0.15, 0.2) is 41.7 Å². The van der Waals surface area contributed by atoms with Crippen molar-refractivity contribution in [3.8, 4) is 5.88 Å². The van der Waals surface area contributed by atoms with Crippen LogP contribution in [0.1, 0.15) is 24.8 Å². The van der Waals surface area contributed by atoms with Crippen LogP contribution in [0.25, 0.3) is 0 Å². The fourth-order valence-corrected chi connectivity index (χ4v) is 3.62. The Labute approximate surface area is 176 Å². The highest BCUT2D eigenvalue weighted by atomic mass is 35.5. The molecule has 0 amide bonds. The van der Waals surface area contributed by atoms with Gasteiger partial charge in [-0.25, -0.2) is 9.97 Å². The van der Waals surface area contributed by atoms with E-state index in [0.29, 0.717) is 23.4 Å². The Hall–Kier alpha value is -2.54. The van der Waals surface area contributed by atoms with Crippen molar-refractivity contribution < 1.29 is 4.74 Å². The average molecular weight is 415 g/mol. The van der Waals surface area contributed by atoms with Crippen molar-refractivity contribution in [2.45, 2.75) is 31.8 Å². The summed E-state index contributed by atoms with van der Waals surface area (Å²) in [6.45, 7) is 3.18. The van der Waals surface area contributed by atoms with E-state index in [1.54, 1.807) is 19.4 Å². The van der Waals surface area contributed by atoms with Gasteiger partial charge in [0.25, 0.3) is 0 Å². The Morgan fingerprint density at radius 3 is 2.97 bits per heavy atom. The van der Waals surface area contributed by atoms with E-state index in [4.69, 9.17) is 16.3 Å². The summed E-state index contributed by atoms with van der Waals surface area (Å²) in [6.07, 6.45) is 7.12. The monoisotopic (exact) mass is 414 g/mol. The van der Waals surface area contributed by atoms with Crippen molar-refractivity contribution in [3.63, 3.8) is 0 Å². The zero-order valence-corrected chi connectivity index (χ0v) is 17.4. The lowest BCUT2D eigenvalue weighted by Gasteiger charge is -2.20. The van der Waals surface area contributed by atoms with Gasteiger partial charge in [0.1, 0.15) is 5.82 Å². The Balaban J connectivity index is 1.27. The number of anilines is 1. The van der Waals surface area contributed by atoms with Gasteiger partial charge in [0.2, 0.25) is 5.88 Å². The highest BCUT2D eigenvalue weighted by molar-refractivity contribution is 6.32. The Morgan fingerprint density at radius 2 is 2.17 bits per heavy atom. The highest BCUT2D eigenvalue weighted by Crippen LogP contribution is 2.29. The number of guanidine groups is 1. The van der Waals surface area contributed by atoms with Gasteiger partial charge < -0.3 is 20.3 Å². The number of aliphatic imine (C=N–C) groups is 1. The molecule has 0 radical (unpaired) electrons. The van der Waals surface area contributed by atoms with Crippen LogP contribution in [0.4, 0.5) is 5.82 Å². The van der Waals surface area contributed by atoms with Crippen molar-refractivity contribution in [1.29, 1.82) is 0 Å². The Kier molecular flexibility index (Phi) is 6.34. The second-order valence-electron chi connectivity index (χ2n) is 7.57. The largest absolute Gasteiger partial charge is 0.477 e. The summed E-state index contributed by atoms with van der Waals surface area (Å²) in [5.74, 6) is 3.03. The first kappa shape index (κ1) is 19.8. The van der Waals surface area contributed by atoms with Crippen molar-refractivity contribution in [2.24, 2.45) is 10.9 Å². The zero-order valence-electron chi connectivity index (χ0n) is 16.6. The molecule has 2 aromatic rings. The van der Waals surface area contributed by atoms with Gasteiger partial charge in [-0.1, -0.05) is 11.6 Å². The molecular formula is C21H27ClN6O. The van der Waals surface area contributed by atoms with E-state index in [9.17, 15) is 0 Å². The molecule has 29 heavy (non-hydrogen) atoms. The van der Waals surface area contributed by atoms with Crippen molar-refractivity contribution in [3.05, 3.63) is 47.2 Å². The maximum Gasteiger partial charge on any atom is 0.213 e. The lowest BCUT2D eigenvalue weighted by atomic mass is 10.2. The molecule has 7 nitrogen and oxygen atoms in total. The minimum atomic E-state index is 0.286. The minimum absolute atomic E-state index is 0.286. The summed E-state index contributed by atoms with van der Waals surface area (Å²) < 4.78 is 5.77. The standard InChI is InChI=1S/C21H27ClN6O/c1-23-21(26-12-16-6-9-24-19(11-16)29-14-15-4-5-15)27-17-7-10-28(13-17)20-18(22)3-2-8-25-20/h2-3,6,8-9,11,15,17H,4-5,7,10,12-14H2,1H3,(H2,23,26,27). The molecule has 1 unspecified atom stereocenters. The van der Waals surface area contributed by atoms with Crippen molar-refractivity contribution in [1.82, 2.24) is 20.6 Å². The van der Waals surface area contributed by atoms with Crippen LogP contribution in [-0.4, -0.2) is 48.7 Å². The summed E-state index contributed by atoms with van der Waals surface area (Å²) in [7, 11) is 1.79. The molecule has 2 N–H and O–H groups in total. The molecule has 0 bridgehead atoms. The quantitative estimate of drug-likeness (QED) is 0.536. The van der Waals surface area contributed by atoms with Gasteiger partial charge in [0.05, 0.1) is 11.6 Å². The number of rotatable bonds is 7. The van der Waals surface area contributed by atoms with Crippen molar-refractivity contribution >= 4 is 23.4 Å². The van der Waals surface area contributed by atoms with Gasteiger partial charge in [-0.05, 0) is 48.9 Å². The first-order valence-electron chi connectivity index (χ1n) is 10.1. The van der Waals surface area contributed by atoms with Gasteiger partial charge in [0, 0.05) is 51.2 Å².